The van der Waals surface area contributed by atoms with Gasteiger partial charge in [0.25, 0.3) is 0 Å². The summed E-state index contributed by atoms with van der Waals surface area (Å²) in [6.45, 7) is 3.89. The van der Waals surface area contributed by atoms with E-state index in [1.165, 1.54) is 22.3 Å². The molecule has 4 nitrogen and oxygen atoms in total. The van der Waals surface area contributed by atoms with Crippen LogP contribution in [0.3, 0.4) is 0 Å². The van der Waals surface area contributed by atoms with E-state index in [1.54, 1.807) is 0 Å². The highest BCUT2D eigenvalue weighted by Crippen LogP contribution is 2.53. The van der Waals surface area contributed by atoms with Crippen molar-refractivity contribution in [2.24, 2.45) is 11.6 Å². The topological polar surface area (TPSA) is 78.3 Å². The fourth-order valence-electron chi connectivity index (χ4n) is 3.68. The Balaban J connectivity index is 2.20. The summed E-state index contributed by atoms with van der Waals surface area (Å²) in [7, 11) is 0. The van der Waals surface area contributed by atoms with Crippen molar-refractivity contribution in [1.29, 1.82) is 0 Å². The van der Waals surface area contributed by atoms with E-state index in [1.807, 2.05) is 24.3 Å². The summed E-state index contributed by atoms with van der Waals surface area (Å²) in [5, 5.41) is 0. The highest BCUT2D eigenvalue weighted by molar-refractivity contribution is 5.82. The Morgan fingerprint density at radius 1 is 1.04 bits per heavy atom. The zero-order valence-electron chi connectivity index (χ0n) is 12.9. The van der Waals surface area contributed by atoms with Crippen molar-refractivity contribution in [3.05, 3.63) is 72.0 Å². The van der Waals surface area contributed by atoms with Crippen LogP contribution < -0.4 is 11.6 Å². The van der Waals surface area contributed by atoms with E-state index in [2.05, 4.69) is 30.8 Å². The second-order valence-corrected chi connectivity index (χ2v) is 5.97. The van der Waals surface area contributed by atoms with Gasteiger partial charge in [-0.15, -0.1) is 0 Å². The van der Waals surface area contributed by atoms with Gasteiger partial charge < -0.3 is 10.6 Å². The van der Waals surface area contributed by atoms with Gasteiger partial charge in [0.2, 0.25) is 5.91 Å². The SMILES string of the molecule is C=C(CC1(CCC(N)=O)c2ccccc2-c2ccccc21)ON. The molecule has 1 aliphatic rings. The number of primary amides is 1. The lowest BCUT2D eigenvalue weighted by molar-refractivity contribution is -0.118. The molecule has 1 aliphatic carbocycles. The van der Waals surface area contributed by atoms with Gasteiger partial charge in [-0.25, -0.2) is 0 Å². The summed E-state index contributed by atoms with van der Waals surface area (Å²) < 4.78 is 0. The summed E-state index contributed by atoms with van der Waals surface area (Å²) in [5.41, 5.74) is 9.72. The number of amides is 1. The van der Waals surface area contributed by atoms with Crippen LogP contribution in [0.25, 0.3) is 11.1 Å². The third-order valence-electron chi connectivity index (χ3n) is 4.64. The summed E-state index contributed by atoms with van der Waals surface area (Å²) in [4.78, 5) is 16.3. The lowest BCUT2D eigenvalue weighted by Gasteiger charge is -2.32. The Bertz CT molecular complexity index is 722. The third-order valence-corrected chi connectivity index (χ3v) is 4.64. The molecule has 0 spiro atoms. The van der Waals surface area contributed by atoms with Crippen LogP contribution in [0, 0.1) is 0 Å². The molecule has 23 heavy (non-hydrogen) atoms. The number of carbonyl (C=O) groups is 1. The molecule has 0 aromatic heterocycles. The number of hydrogen-bond donors (Lipinski definition) is 2. The molecule has 2 aromatic carbocycles. The number of fused-ring (bicyclic) bond motifs is 3. The van der Waals surface area contributed by atoms with Crippen molar-refractivity contribution in [1.82, 2.24) is 0 Å². The van der Waals surface area contributed by atoms with Crippen LogP contribution in [0.1, 0.15) is 30.4 Å². The van der Waals surface area contributed by atoms with Crippen molar-refractivity contribution in [2.75, 3.05) is 0 Å². The first-order chi connectivity index (χ1) is 11.1. The predicted molar refractivity (Wildman–Crippen MR) is 90.1 cm³/mol. The molecule has 2 aromatic rings. The van der Waals surface area contributed by atoms with Crippen molar-refractivity contribution in [3.8, 4) is 11.1 Å². The van der Waals surface area contributed by atoms with E-state index >= 15 is 0 Å². The highest BCUT2D eigenvalue weighted by atomic mass is 16.6. The maximum atomic E-state index is 11.4. The fraction of sp³-hybridized carbons (Fsp3) is 0.211. The minimum atomic E-state index is -0.390. The van der Waals surface area contributed by atoms with Gasteiger partial charge in [0, 0.05) is 18.3 Å². The molecule has 1 amide bonds. The fourth-order valence-corrected chi connectivity index (χ4v) is 3.68. The minimum absolute atomic E-state index is 0.292. The monoisotopic (exact) mass is 308 g/mol. The lowest BCUT2D eigenvalue weighted by atomic mass is 9.71. The minimum Gasteiger partial charge on any atom is -0.417 e. The summed E-state index contributed by atoms with van der Waals surface area (Å²) >= 11 is 0. The molecule has 0 unspecified atom stereocenters. The Hall–Kier alpha value is -2.59. The Kier molecular flexibility index (Phi) is 3.92. The zero-order chi connectivity index (χ0) is 16.4. The second-order valence-electron chi connectivity index (χ2n) is 5.97. The largest absolute Gasteiger partial charge is 0.417 e. The van der Waals surface area contributed by atoms with Crippen LogP contribution in [-0.4, -0.2) is 5.91 Å². The van der Waals surface area contributed by atoms with Crippen LogP contribution in [0.2, 0.25) is 0 Å². The van der Waals surface area contributed by atoms with Gasteiger partial charge in [-0.3, -0.25) is 4.79 Å². The molecule has 118 valence electrons. The van der Waals surface area contributed by atoms with E-state index in [0.29, 0.717) is 25.0 Å². The van der Waals surface area contributed by atoms with Crippen LogP contribution in [0.5, 0.6) is 0 Å². The van der Waals surface area contributed by atoms with Gasteiger partial charge in [0.1, 0.15) is 5.76 Å². The van der Waals surface area contributed by atoms with Crippen molar-refractivity contribution in [2.45, 2.75) is 24.7 Å². The molecule has 3 rings (SSSR count). The third kappa shape index (κ3) is 2.51. The number of benzene rings is 2. The summed E-state index contributed by atoms with van der Waals surface area (Å²) in [6.07, 6.45) is 1.41. The Morgan fingerprint density at radius 2 is 1.57 bits per heavy atom. The van der Waals surface area contributed by atoms with Crippen molar-refractivity contribution < 1.29 is 9.63 Å². The Morgan fingerprint density at radius 3 is 2.04 bits per heavy atom. The maximum Gasteiger partial charge on any atom is 0.217 e. The van der Waals surface area contributed by atoms with Gasteiger partial charge >= 0.3 is 0 Å². The molecule has 0 bridgehead atoms. The number of carbonyl (C=O) groups excluding carboxylic acids is 1. The predicted octanol–water partition coefficient (Wildman–Crippen LogP) is 3.01. The first kappa shape index (κ1) is 15.3. The maximum absolute atomic E-state index is 11.4. The molecular formula is C19H20N2O2. The van der Waals surface area contributed by atoms with E-state index in [-0.39, 0.29) is 5.91 Å². The first-order valence-corrected chi connectivity index (χ1v) is 7.61. The normalized spacial score (nSPS) is 14.0. The summed E-state index contributed by atoms with van der Waals surface area (Å²) in [5.74, 6) is 5.49. The molecule has 0 radical (unpaired) electrons. The van der Waals surface area contributed by atoms with E-state index in [0.717, 1.165) is 0 Å². The Labute approximate surface area is 135 Å². The van der Waals surface area contributed by atoms with Crippen molar-refractivity contribution in [3.63, 3.8) is 0 Å². The molecule has 0 saturated carbocycles. The first-order valence-electron chi connectivity index (χ1n) is 7.61. The smallest absolute Gasteiger partial charge is 0.217 e. The van der Waals surface area contributed by atoms with E-state index < -0.39 is 5.41 Å². The molecule has 0 aliphatic heterocycles. The molecule has 0 saturated heterocycles. The number of rotatable bonds is 6. The average Bonchev–Trinajstić information content (AvgIpc) is 2.84. The average molecular weight is 308 g/mol. The van der Waals surface area contributed by atoms with E-state index in [9.17, 15) is 4.79 Å². The standard InChI is InChI=1S/C19H20N2O2/c1-13(23-21)12-19(11-10-18(20)22)16-8-4-2-6-14(16)15-7-3-5-9-17(15)19/h2-9H,1,10-12,21H2,(H2,20,22). The number of hydrogen-bond acceptors (Lipinski definition) is 3. The van der Waals surface area contributed by atoms with Gasteiger partial charge in [-0.1, -0.05) is 55.1 Å². The van der Waals surface area contributed by atoms with Gasteiger partial charge in [-0.2, -0.15) is 5.90 Å². The molecule has 0 fully saturated rings. The number of allylic oxidation sites excluding steroid dienone is 1. The number of nitrogens with two attached hydrogens (primary N) is 2. The zero-order valence-corrected chi connectivity index (χ0v) is 12.9. The molecule has 4 heteroatoms. The van der Waals surface area contributed by atoms with Gasteiger partial charge in [0.05, 0.1) is 0 Å². The second kappa shape index (κ2) is 5.89. The van der Waals surface area contributed by atoms with E-state index in [4.69, 9.17) is 16.5 Å². The molecular weight excluding hydrogens is 288 g/mol. The lowest BCUT2D eigenvalue weighted by Crippen LogP contribution is -2.29. The van der Waals surface area contributed by atoms with Gasteiger partial charge in [-0.05, 0) is 28.7 Å². The quantitative estimate of drug-likeness (QED) is 0.636. The molecule has 0 heterocycles. The van der Waals surface area contributed by atoms with Gasteiger partial charge in [0.15, 0.2) is 0 Å². The summed E-state index contributed by atoms with van der Waals surface area (Å²) in [6, 6.07) is 16.5. The van der Waals surface area contributed by atoms with Crippen LogP contribution >= 0.6 is 0 Å². The van der Waals surface area contributed by atoms with Crippen LogP contribution in [0.15, 0.2) is 60.9 Å². The highest BCUT2D eigenvalue weighted by Gasteiger charge is 2.43. The van der Waals surface area contributed by atoms with Crippen molar-refractivity contribution >= 4 is 5.91 Å². The van der Waals surface area contributed by atoms with Crippen LogP contribution in [0.4, 0.5) is 0 Å². The molecule has 4 N–H and O–H groups in total. The van der Waals surface area contributed by atoms with Crippen LogP contribution in [-0.2, 0) is 15.0 Å². The molecule has 0 atom stereocenters.